The van der Waals surface area contributed by atoms with Crippen LogP contribution in [0.15, 0.2) is 24.3 Å². The zero-order chi connectivity index (χ0) is 15.1. The molecule has 1 rings (SSSR count). The van der Waals surface area contributed by atoms with E-state index < -0.39 is 6.10 Å². The quantitative estimate of drug-likeness (QED) is 0.810. The lowest BCUT2D eigenvalue weighted by Crippen LogP contribution is -2.43. The molecule has 0 aliphatic heterocycles. The Hall–Kier alpha value is -1.10. The van der Waals surface area contributed by atoms with E-state index in [0.29, 0.717) is 18.1 Å². The van der Waals surface area contributed by atoms with Gasteiger partial charge in [-0.25, -0.2) is 0 Å². The van der Waals surface area contributed by atoms with Crippen LogP contribution in [-0.2, 0) is 11.3 Å². The van der Waals surface area contributed by atoms with E-state index in [0.717, 1.165) is 5.56 Å². The van der Waals surface area contributed by atoms with Crippen molar-refractivity contribution < 1.29 is 9.90 Å². The van der Waals surface area contributed by atoms with Crippen molar-refractivity contribution in [2.75, 3.05) is 13.1 Å². The predicted octanol–water partition coefficient (Wildman–Crippen LogP) is 2.05. The van der Waals surface area contributed by atoms with E-state index in [2.05, 4.69) is 5.32 Å². The Morgan fingerprint density at radius 2 is 2.10 bits per heavy atom. The maximum atomic E-state index is 11.9. The first-order valence-electron chi connectivity index (χ1n) is 6.81. The molecule has 20 heavy (non-hydrogen) atoms. The number of nitrogens with one attached hydrogen (secondary N) is 1. The van der Waals surface area contributed by atoms with Crippen molar-refractivity contribution in [1.82, 2.24) is 10.2 Å². The van der Waals surface area contributed by atoms with Gasteiger partial charge in [0.25, 0.3) is 0 Å². The summed E-state index contributed by atoms with van der Waals surface area (Å²) < 4.78 is 0. The van der Waals surface area contributed by atoms with Gasteiger partial charge in [-0.15, -0.1) is 0 Å². The molecular weight excluding hydrogens is 276 g/mol. The zero-order valence-corrected chi connectivity index (χ0v) is 13.0. The van der Waals surface area contributed by atoms with Crippen LogP contribution in [0.4, 0.5) is 0 Å². The third kappa shape index (κ3) is 6.37. The molecule has 0 saturated carbocycles. The molecule has 1 atom stereocenters. The number of carbonyl (C=O) groups is 1. The van der Waals surface area contributed by atoms with Crippen LogP contribution < -0.4 is 5.32 Å². The van der Waals surface area contributed by atoms with Gasteiger partial charge < -0.3 is 10.4 Å². The number of aliphatic hydroxyl groups is 1. The molecule has 0 heterocycles. The number of benzene rings is 1. The number of amides is 1. The molecular formula is C15H23ClN2O2. The lowest BCUT2D eigenvalue weighted by molar-refractivity contribution is -0.123. The zero-order valence-electron chi connectivity index (χ0n) is 12.3. The SMILES string of the molecule is CC(O)CN(CC(=O)NCc1cccc(Cl)c1)C(C)C. The first-order chi connectivity index (χ1) is 9.38. The Balaban J connectivity index is 2.45. The lowest BCUT2D eigenvalue weighted by Gasteiger charge is -2.26. The first kappa shape index (κ1) is 17.0. The predicted molar refractivity (Wildman–Crippen MR) is 81.7 cm³/mol. The highest BCUT2D eigenvalue weighted by Gasteiger charge is 2.15. The van der Waals surface area contributed by atoms with E-state index in [-0.39, 0.29) is 18.5 Å². The van der Waals surface area contributed by atoms with Crippen molar-refractivity contribution in [2.45, 2.75) is 39.5 Å². The number of halogens is 1. The highest BCUT2D eigenvalue weighted by molar-refractivity contribution is 6.30. The molecule has 4 nitrogen and oxygen atoms in total. The monoisotopic (exact) mass is 298 g/mol. The Labute approximate surface area is 125 Å². The topological polar surface area (TPSA) is 52.6 Å². The molecule has 0 fully saturated rings. The molecule has 1 unspecified atom stereocenters. The molecule has 0 aliphatic carbocycles. The molecule has 0 aromatic heterocycles. The summed E-state index contributed by atoms with van der Waals surface area (Å²) in [6.07, 6.45) is -0.446. The largest absolute Gasteiger partial charge is 0.392 e. The minimum Gasteiger partial charge on any atom is -0.392 e. The summed E-state index contributed by atoms with van der Waals surface area (Å²) >= 11 is 5.89. The van der Waals surface area contributed by atoms with Crippen LogP contribution in [0.25, 0.3) is 0 Å². The summed E-state index contributed by atoms with van der Waals surface area (Å²) in [5.74, 6) is -0.0562. The van der Waals surface area contributed by atoms with Gasteiger partial charge >= 0.3 is 0 Å². The molecule has 0 saturated heterocycles. The Bertz CT molecular complexity index is 436. The number of aliphatic hydroxyl groups excluding tert-OH is 1. The molecule has 5 heteroatoms. The third-order valence-corrected chi connectivity index (χ3v) is 3.19. The van der Waals surface area contributed by atoms with Gasteiger partial charge in [0.15, 0.2) is 0 Å². The van der Waals surface area contributed by atoms with Crippen molar-refractivity contribution in [2.24, 2.45) is 0 Å². The van der Waals surface area contributed by atoms with Gasteiger partial charge in [0.05, 0.1) is 12.6 Å². The maximum absolute atomic E-state index is 11.9. The van der Waals surface area contributed by atoms with Gasteiger partial charge in [0.1, 0.15) is 0 Å². The van der Waals surface area contributed by atoms with Crippen LogP contribution in [-0.4, -0.2) is 41.1 Å². The molecule has 1 aromatic rings. The average molecular weight is 299 g/mol. The van der Waals surface area contributed by atoms with Gasteiger partial charge in [0, 0.05) is 24.2 Å². The number of hydrogen-bond acceptors (Lipinski definition) is 3. The summed E-state index contributed by atoms with van der Waals surface area (Å²) in [7, 11) is 0. The maximum Gasteiger partial charge on any atom is 0.234 e. The number of hydrogen-bond donors (Lipinski definition) is 2. The fraction of sp³-hybridized carbons (Fsp3) is 0.533. The van der Waals surface area contributed by atoms with E-state index in [1.165, 1.54) is 0 Å². The Morgan fingerprint density at radius 1 is 1.40 bits per heavy atom. The highest BCUT2D eigenvalue weighted by atomic mass is 35.5. The molecule has 0 bridgehead atoms. The van der Waals surface area contributed by atoms with Crippen molar-refractivity contribution in [3.8, 4) is 0 Å². The summed E-state index contributed by atoms with van der Waals surface area (Å²) in [6, 6.07) is 7.62. The van der Waals surface area contributed by atoms with Gasteiger partial charge in [0.2, 0.25) is 5.91 Å². The fourth-order valence-electron chi connectivity index (χ4n) is 1.89. The molecule has 2 N–H and O–H groups in total. The number of nitrogens with zero attached hydrogens (tertiary/aromatic N) is 1. The number of rotatable bonds is 7. The van der Waals surface area contributed by atoms with Crippen LogP contribution in [0.2, 0.25) is 5.02 Å². The second-order valence-electron chi connectivity index (χ2n) is 5.28. The van der Waals surface area contributed by atoms with E-state index in [1.54, 1.807) is 13.0 Å². The second-order valence-corrected chi connectivity index (χ2v) is 5.72. The van der Waals surface area contributed by atoms with Gasteiger partial charge in [-0.3, -0.25) is 9.69 Å². The van der Waals surface area contributed by atoms with Crippen molar-refractivity contribution in [3.05, 3.63) is 34.9 Å². The van der Waals surface area contributed by atoms with Crippen LogP contribution in [0.5, 0.6) is 0 Å². The van der Waals surface area contributed by atoms with E-state index in [9.17, 15) is 9.90 Å². The summed E-state index contributed by atoms with van der Waals surface area (Å²) in [5.41, 5.74) is 0.970. The van der Waals surface area contributed by atoms with E-state index >= 15 is 0 Å². The van der Waals surface area contributed by atoms with Crippen LogP contribution in [0.3, 0.4) is 0 Å². The Kier molecular flexibility index (Phi) is 6.99. The summed E-state index contributed by atoms with van der Waals surface area (Å²) in [5, 5.41) is 13.0. The molecule has 1 aromatic carbocycles. The standard InChI is InChI=1S/C15H23ClN2O2/c1-11(2)18(9-12(3)19)10-15(20)17-8-13-5-4-6-14(16)7-13/h4-7,11-12,19H,8-10H2,1-3H3,(H,17,20). The van der Waals surface area contributed by atoms with Crippen LogP contribution in [0, 0.1) is 0 Å². The average Bonchev–Trinajstić information content (AvgIpc) is 2.35. The van der Waals surface area contributed by atoms with Gasteiger partial charge in [-0.1, -0.05) is 23.7 Å². The lowest BCUT2D eigenvalue weighted by atomic mass is 10.2. The van der Waals surface area contributed by atoms with E-state index in [4.69, 9.17) is 11.6 Å². The normalized spacial score (nSPS) is 12.8. The fourth-order valence-corrected chi connectivity index (χ4v) is 2.10. The van der Waals surface area contributed by atoms with Crippen LogP contribution in [0.1, 0.15) is 26.3 Å². The molecule has 0 spiro atoms. The second kappa shape index (κ2) is 8.25. The molecule has 112 valence electrons. The third-order valence-electron chi connectivity index (χ3n) is 2.95. The van der Waals surface area contributed by atoms with Crippen molar-refractivity contribution >= 4 is 17.5 Å². The molecule has 1 amide bonds. The summed E-state index contributed by atoms with van der Waals surface area (Å²) in [6.45, 7) is 6.96. The van der Waals surface area contributed by atoms with Gasteiger partial charge in [-0.2, -0.15) is 0 Å². The summed E-state index contributed by atoms with van der Waals surface area (Å²) in [4.78, 5) is 13.9. The first-order valence-corrected chi connectivity index (χ1v) is 7.19. The molecule has 0 radical (unpaired) electrons. The smallest absolute Gasteiger partial charge is 0.234 e. The highest BCUT2D eigenvalue weighted by Crippen LogP contribution is 2.10. The van der Waals surface area contributed by atoms with Crippen LogP contribution >= 0.6 is 11.6 Å². The molecule has 0 aliphatic rings. The van der Waals surface area contributed by atoms with Crippen molar-refractivity contribution in [1.29, 1.82) is 0 Å². The Morgan fingerprint density at radius 3 is 2.65 bits per heavy atom. The van der Waals surface area contributed by atoms with E-state index in [1.807, 2.05) is 36.9 Å². The minimum atomic E-state index is -0.446. The van der Waals surface area contributed by atoms with Crippen molar-refractivity contribution in [3.63, 3.8) is 0 Å². The minimum absolute atomic E-state index is 0.0562. The van der Waals surface area contributed by atoms with Gasteiger partial charge in [-0.05, 0) is 38.5 Å². The number of carbonyl (C=O) groups excluding carboxylic acids is 1.